The van der Waals surface area contributed by atoms with Gasteiger partial charge in [0, 0.05) is 92.4 Å². The molecule has 2 aromatic heterocycles. The maximum atomic E-state index is 15.7. The van der Waals surface area contributed by atoms with Crippen LogP contribution in [0.5, 0.6) is 0 Å². The van der Waals surface area contributed by atoms with Crippen molar-refractivity contribution in [1.29, 1.82) is 0 Å². The van der Waals surface area contributed by atoms with E-state index in [4.69, 9.17) is 57.1 Å². The van der Waals surface area contributed by atoms with Gasteiger partial charge in [-0.15, -0.1) is 0 Å². The minimum Gasteiger partial charge on any atom is -0.458 e. The summed E-state index contributed by atoms with van der Waals surface area (Å²) in [6, 6.07) is 11.4. The van der Waals surface area contributed by atoms with E-state index < -0.39 is 58.6 Å². The lowest BCUT2D eigenvalue weighted by Gasteiger charge is -2.36. The highest BCUT2D eigenvalue weighted by Crippen LogP contribution is 2.48. The van der Waals surface area contributed by atoms with E-state index in [-0.39, 0.29) is 155 Å². The van der Waals surface area contributed by atoms with Gasteiger partial charge in [0.25, 0.3) is 23.3 Å². The molecule has 0 saturated heterocycles. The second-order valence-corrected chi connectivity index (χ2v) is 29.0. The number of nitrogens with one attached hydrogen (secondary N) is 3. The van der Waals surface area contributed by atoms with Gasteiger partial charge in [0.1, 0.15) is 25.1 Å². The molecule has 610 valence electrons. The van der Waals surface area contributed by atoms with Gasteiger partial charge in [0.05, 0.1) is 167 Å². The number of pyridine rings is 2. The maximum absolute atomic E-state index is 15.7. The monoisotopic (exact) mass is 1560 g/mol. The Bertz CT molecular complexity index is 4030. The number of imide groups is 1. The third-order valence-electron chi connectivity index (χ3n) is 21.2. The zero-order valence-corrected chi connectivity index (χ0v) is 64.3. The van der Waals surface area contributed by atoms with Crippen LogP contribution >= 0.6 is 0 Å². The van der Waals surface area contributed by atoms with Crippen LogP contribution in [-0.4, -0.2) is 248 Å². The highest BCUT2D eigenvalue weighted by Gasteiger charge is 2.47. The second-order valence-electron chi connectivity index (χ2n) is 29.0. The van der Waals surface area contributed by atoms with E-state index in [1.165, 1.54) is 27.7 Å². The van der Waals surface area contributed by atoms with E-state index in [1.54, 1.807) is 44.0 Å². The van der Waals surface area contributed by atoms with E-state index in [0.717, 1.165) is 55.2 Å². The van der Waals surface area contributed by atoms with E-state index in [1.807, 2.05) is 18.2 Å². The third-order valence-corrected chi connectivity index (χ3v) is 21.2. The van der Waals surface area contributed by atoms with Crippen molar-refractivity contribution < 1.29 is 110 Å². The molecule has 31 heteroatoms. The molecule has 2 saturated carbocycles. The molecular formula is C81H106FN7O23. The first-order valence-corrected chi connectivity index (χ1v) is 39.1. The molecular weight excluding hydrogens is 1460 g/mol. The summed E-state index contributed by atoms with van der Waals surface area (Å²) in [4.78, 5) is 152. The summed E-state index contributed by atoms with van der Waals surface area (Å²) in [5.74, 6) is -5.20. The van der Waals surface area contributed by atoms with Crippen LogP contribution in [0.25, 0.3) is 22.3 Å². The molecule has 4 N–H and O–H groups in total. The summed E-state index contributed by atoms with van der Waals surface area (Å²) in [7, 11) is 1.69. The molecule has 5 heterocycles. The van der Waals surface area contributed by atoms with Crippen LogP contribution in [0.3, 0.4) is 0 Å². The number of Topliss-reactive ketones (excluding diaryl/α,β-unsaturated/α-hetero) is 3. The number of hydrogen-bond acceptors (Lipinski definition) is 24. The number of aromatic nitrogens is 2. The predicted octanol–water partition coefficient (Wildman–Crippen LogP) is 4.12. The van der Waals surface area contributed by atoms with Crippen molar-refractivity contribution in [2.24, 2.45) is 23.7 Å². The molecule has 3 aliphatic carbocycles. The van der Waals surface area contributed by atoms with Crippen LogP contribution in [0.1, 0.15) is 129 Å². The fourth-order valence-electron chi connectivity index (χ4n) is 14.7. The number of halogens is 1. The molecule has 10 rings (SSSR count). The smallest absolute Gasteiger partial charge is 0.343 e. The molecule has 0 spiro atoms. The topological polar surface area (TPSA) is 370 Å². The minimum absolute atomic E-state index is 0.00819. The fourth-order valence-corrected chi connectivity index (χ4v) is 14.7. The average Bonchev–Trinajstić information content (AvgIpc) is 1.46. The molecule has 2 aromatic carbocycles. The van der Waals surface area contributed by atoms with Crippen molar-refractivity contribution in [2.45, 2.75) is 135 Å². The van der Waals surface area contributed by atoms with E-state index in [2.05, 4.69) is 16.0 Å². The van der Waals surface area contributed by atoms with Crippen molar-refractivity contribution >= 4 is 69.7 Å². The molecule has 6 amide bonds. The second kappa shape index (κ2) is 43.1. The lowest BCUT2D eigenvalue weighted by molar-refractivity contribution is -0.172. The van der Waals surface area contributed by atoms with Gasteiger partial charge in [0.2, 0.25) is 17.7 Å². The molecule has 112 heavy (non-hydrogen) atoms. The van der Waals surface area contributed by atoms with Crippen molar-refractivity contribution in [2.75, 3.05) is 159 Å². The van der Waals surface area contributed by atoms with Gasteiger partial charge in [-0.1, -0.05) is 37.3 Å². The summed E-state index contributed by atoms with van der Waals surface area (Å²) in [5, 5.41) is 20.4. The Labute approximate surface area is 650 Å². The quantitative estimate of drug-likeness (QED) is 0.0241. The van der Waals surface area contributed by atoms with Gasteiger partial charge in [-0.2, -0.15) is 0 Å². The number of carbonyl (C=O) groups excluding carboxylic acids is 10. The van der Waals surface area contributed by atoms with Crippen LogP contribution in [0.2, 0.25) is 0 Å². The first-order chi connectivity index (χ1) is 54.2. The number of aliphatic hydroxyl groups is 1. The summed E-state index contributed by atoms with van der Waals surface area (Å²) < 4.78 is 78.4. The van der Waals surface area contributed by atoms with E-state index in [9.17, 15) is 57.8 Å². The zero-order chi connectivity index (χ0) is 79.5. The number of aryl methyl sites for hydroxylation is 1. The van der Waals surface area contributed by atoms with Crippen molar-refractivity contribution in [3.8, 4) is 11.4 Å². The predicted molar refractivity (Wildman–Crippen MR) is 400 cm³/mol. The highest BCUT2D eigenvalue weighted by molar-refractivity contribution is 6.13. The largest absolute Gasteiger partial charge is 0.458 e. The number of amides is 6. The first kappa shape index (κ1) is 85.9. The fraction of sp³-hybridized carbons (Fsp3) is 0.605. The van der Waals surface area contributed by atoms with Crippen LogP contribution < -0.4 is 21.5 Å². The maximum Gasteiger partial charge on any atom is 0.343 e. The van der Waals surface area contributed by atoms with Gasteiger partial charge in [-0.25, -0.2) is 14.2 Å². The van der Waals surface area contributed by atoms with Crippen LogP contribution in [0, 0.1) is 36.4 Å². The Kier molecular flexibility index (Phi) is 33.1. The molecule has 4 aromatic rings. The molecule has 6 aliphatic rings. The number of hydrogen-bond donors (Lipinski definition) is 4. The number of fused-ring (bicyclic) bond motifs is 5. The Morgan fingerprint density at radius 2 is 1.26 bits per heavy atom. The molecule has 30 nitrogen and oxygen atoms in total. The SMILES string of the molecule is CC[C@@]1(O)C(=O)OCc2c1cc1n(c2=O)Cc2c-1nc1cc(F)c(C)c3c1c2[C@@H](N(C)C(=O)[C@H](OCCC(=O)CNC(=O)[C@H](CC(=O)CNC(=O)CCC(=O)COCCOCCOCCOCCOCCOCCOCCOCCOCCNC(=O)C1CCC(CN2C(=O)C=CC2=O)CC1)Cc1ccccc1)C1CC1)CC3. The molecule has 0 radical (unpaired) electrons. The number of cyclic esters (lactones) is 1. The number of esters is 1. The average molecular weight is 1560 g/mol. The van der Waals surface area contributed by atoms with Gasteiger partial charge < -0.3 is 82.6 Å². The van der Waals surface area contributed by atoms with Crippen LogP contribution in [0.15, 0.2) is 59.4 Å². The van der Waals surface area contributed by atoms with Crippen molar-refractivity contribution in [3.05, 3.63) is 110 Å². The molecule has 4 atom stereocenters. The minimum atomic E-state index is -2.06. The number of nitrogens with zero attached hydrogens (tertiary/aromatic N) is 4. The van der Waals surface area contributed by atoms with Gasteiger partial charge in [-0.05, 0) is 111 Å². The number of benzene rings is 2. The highest BCUT2D eigenvalue weighted by atomic mass is 19.1. The normalized spacial score (nSPS) is 18.7. The third kappa shape index (κ3) is 23.8. The Morgan fingerprint density at radius 3 is 1.86 bits per heavy atom. The van der Waals surface area contributed by atoms with E-state index in [0.29, 0.717) is 158 Å². The lowest BCUT2D eigenvalue weighted by Crippen LogP contribution is -2.44. The number of carbonyl (C=O) groups is 10. The van der Waals surface area contributed by atoms with E-state index >= 15 is 4.39 Å². The number of ketones is 3. The molecule has 2 fully saturated rings. The summed E-state index contributed by atoms with van der Waals surface area (Å²) >= 11 is 0. The standard InChI is InChI=1S/C81H106FN7O23/c1-4-81(101)64-44-68-74-62(49-88(68)78(98)63(64)51-112-80(81)100)73-67(18-17-61-52(2)65(82)45-66(86-74)72(61)73)87(3)79(99)75(55-14-15-55)111-24-22-58(90)46-85-77(97)57(42-53-8-6-5-7-9-53)43-60(92)47-84-69(93)19-16-59(91)50-110-41-40-109-39-38-108-37-36-107-35-34-106-33-32-105-31-30-104-29-28-103-27-26-102-25-23-83-76(96)56-12-10-54(11-13-56)48-89-70(94)20-21-71(89)95/h5-9,20-21,44-45,54-57,67,75,101H,4,10-19,22-43,46-51H2,1-3H3,(H,83,96)(H,84,93)(H,85,97)/t54?,56?,57-,67-,75+,81-/m0/s1. The molecule has 3 aliphatic heterocycles. The van der Waals surface area contributed by atoms with Crippen LogP contribution in [0.4, 0.5) is 4.39 Å². The van der Waals surface area contributed by atoms with Crippen LogP contribution in [-0.2, 0) is 132 Å². The van der Waals surface area contributed by atoms with Gasteiger partial charge in [-0.3, -0.25) is 52.8 Å². The van der Waals surface area contributed by atoms with Gasteiger partial charge >= 0.3 is 5.97 Å². The number of rotatable bonds is 52. The number of likely N-dealkylation sites (N-methyl/N-ethyl adjacent to an activating group) is 1. The number of ether oxygens (including phenoxy) is 11. The van der Waals surface area contributed by atoms with Gasteiger partial charge in [0.15, 0.2) is 23.0 Å². The molecule has 0 bridgehead atoms. The Balaban J connectivity index is 0.520. The zero-order valence-electron chi connectivity index (χ0n) is 64.3. The first-order valence-electron chi connectivity index (χ1n) is 39.1. The van der Waals surface area contributed by atoms with Crippen molar-refractivity contribution in [3.63, 3.8) is 0 Å². The Morgan fingerprint density at radius 1 is 0.670 bits per heavy atom. The molecule has 0 unspecified atom stereocenters. The van der Waals surface area contributed by atoms with Crippen molar-refractivity contribution in [1.82, 2.24) is 35.3 Å². The summed E-state index contributed by atoms with van der Waals surface area (Å²) in [6.07, 6.45) is 6.48. The summed E-state index contributed by atoms with van der Waals surface area (Å²) in [5.41, 5.74) is 2.25. The lowest BCUT2D eigenvalue weighted by atomic mass is 9.81. The summed E-state index contributed by atoms with van der Waals surface area (Å²) in [6.45, 7) is 8.98. The Hall–Kier alpha value is -8.47.